The molecule has 0 saturated carbocycles. The van der Waals surface area contributed by atoms with Gasteiger partial charge in [-0.1, -0.05) is 45.0 Å². The number of allylic oxidation sites excluding steroid dienone is 1. The first-order chi connectivity index (χ1) is 15.3. The zero-order valence-corrected chi connectivity index (χ0v) is 19.1. The largest absolute Gasteiger partial charge is 0.354 e. The number of carbonyl (C=O) groups is 2. The highest BCUT2D eigenvalue weighted by Gasteiger charge is 2.24. The van der Waals surface area contributed by atoms with Crippen molar-refractivity contribution < 1.29 is 9.59 Å². The van der Waals surface area contributed by atoms with Crippen molar-refractivity contribution in [3.8, 4) is 11.3 Å². The summed E-state index contributed by atoms with van der Waals surface area (Å²) in [6, 6.07) is 16.0. The predicted octanol–water partition coefficient (Wildman–Crippen LogP) is 6.58. The average molecular weight is 441 g/mol. The summed E-state index contributed by atoms with van der Waals surface area (Å²) >= 11 is 1.43. The molecule has 0 aliphatic carbocycles. The molecule has 0 bridgehead atoms. The number of fused-ring (bicyclic) bond motifs is 5. The van der Waals surface area contributed by atoms with E-state index in [1.807, 2.05) is 41.8 Å². The van der Waals surface area contributed by atoms with E-state index in [4.69, 9.17) is 0 Å². The van der Waals surface area contributed by atoms with E-state index >= 15 is 0 Å². The first-order valence-electron chi connectivity index (χ1n) is 10.6. The van der Waals surface area contributed by atoms with Crippen LogP contribution in [0.3, 0.4) is 0 Å². The summed E-state index contributed by atoms with van der Waals surface area (Å²) in [7, 11) is 0. The van der Waals surface area contributed by atoms with E-state index in [9.17, 15) is 9.59 Å². The molecule has 160 valence electrons. The molecule has 1 amide bonds. The van der Waals surface area contributed by atoms with E-state index in [0.717, 1.165) is 43.9 Å². The van der Waals surface area contributed by atoms with Gasteiger partial charge < -0.3 is 10.3 Å². The summed E-state index contributed by atoms with van der Waals surface area (Å²) in [6.45, 7) is 6.58. The number of thiophene rings is 1. The summed E-state index contributed by atoms with van der Waals surface area (Å²) in [5.74, 6) is -0.0347. The molecule has 5 heteroatoms. The molecule has 0 radical (unpaired) electrons. The van der Waals surface area contributed by atoms with E-state index in [-0.39, 0.29) is 17.1 Å². The smallest absolute Gasteiger partial charge is 0.228 e. The Labute approximate surface area is 191 Å². The second-order valence-electron chi connectivity index (χ2n) is 9.19. The molecule has 1 aliphatic rings. The number of carbonyl (C=O) groups excluding carboxylic acids is 2. The van der Waals surface area contributed by atoms with Crippen LogP contribution in [-0.4, -0.2) is 16.7 Å². The van der Waals surface area contributed by atoms with E-state index in [1.54, 1.807) is 6.08 Å². The lowest BCUT2D eigenvalue weighted by Crippen LogP contribution is -2.13. The molecular formula is C27H24N2O2S. The minimum absolute atomic E-state index is 0.00995. The lowest BCUT2D eigenvalue weighted by molar-refractivity contribution is -0.115. The van der Waals surface area contributed by atoms with Crippen LogP contribution in [0.5, 0.6) is 0 Å². The van der Waals surface area contributed by atoms with Gasteiger partial charge in [-0.05, 0) is 63.9 Å². The normalized spacial score (nSPS) is 13.7. The molecule has 0 fully saturated rings. The van der Waals surface area contributed by atoms with E-state index in [0.29, 0.717) is 6.42 Å². The van der Waals surface area contributed by atoms with E-state index in [2.05, 4.69) is 49.3 Å². The van der Waals surface area contributed by atoms with Gasteiger partial charge in [-0.3, -0.25) is 9.59 Å². The summed E-state index contributed by atoms with van der Waals surface area (Å²) in [4.78, 5) is 29.3. The van der Waals surface area contributed by atoms with Crippen molar-refractivity contribution >= 4 is 45.7 Å². The van der Waals surface area contributed by atoms with Gasteiger partial charge in [0.05, 0.1) is 22.7 Å². The molecular weight excluding hydrogens is 416 g/mol. The first-order valence-corrected chi connectivity index (χ1v) is 11.5. The van der Waals surface area contributed by atoms with Crippen LogP contribution in [0.4, 0.5) is 5.69 Å². The molecule has 1 aliphatic heterocycles. The quantitative estimate of drug-likeness (QED) is 0.279. The SMILES string of the molecule is CC(C)(C)c1ccc2[nH]c3c(c2c1)CC(=O)Nc1ccc(/C=C/C(=O)c2cccs2)cc1-3. The van der Waals surface area contributed by atoms with Gasteiger partial charge in [-0.25, -0.2) is 0 Å². The Morgan fingerprint density at radius 3 is 2.69 bits per heavy atom. The fourth-order valence-electron chi connectivity index (χ4n) is 4.14. The van der Waals surface area contributed by atoms with Crippen molar-refractivity contribution in [3.63, 3.8) is 0 Å². The van der Waals surface area contributed by atoms with E-state index < -0.39 is 0 Å². The third kappa shape index (κ3) is 3.69. The van der Waals surface area contributed by atoms with Crippen molar-refractivity contribution in [2.75, 3.05) is 5.32 Å². The molecule has 0 saturated heterocycles. The van der Waals surface area contributed by atoms with Crippen molar-refractivity contribution in [2.24, 2.45) is 0 Å². The van der Waals surface area contributed by atoms with Crippen LogP contribution in [0.25, 0.3) is 28.2 Å². The van der Waals surface area contributed by atoms with Crippen molar-refractivity contribution in [1.82, 2.24) is 4.98 Å². The molecule has 4 nitrogen and oxygen atoms in total. The second kappa shape index (κ2) is 7.61. The molecule has 2 N–H and O–H groups in total. The van der Waals surface area contributed by atoms with Gasteiger partial charge in [0.25, 0.3) is 0 Å². The number of hydrogen-bond donors (Lipinski definition) is 2. The number of rotatable bonds is 3. The fourth-order valence-corrected chi connectivity index (χ4v) is 4.78. The molecule has 5 rings (SSSR count). The zero-order valence-electron chi connectivity index (χ0n) is 18.3. The third-order valence-electron chi connectivity index (χ3n) is 5.89. The summed E-state index contributed by atoms with van der Waals surface area (Å²) in [6.07, 6.45) is 3.75. The Bertz CT molecular complexity index is 1390. The molecule has 4 aromatic rings. The number of ketones is 1. The van der Waals surface area contributed by atoms with Crippen LogP contribution in [-0.2, 0) is 16.6 Å². The van der Waals surface area contributed by atoms with Gasteiger partial charge in [0.15, 0.2) is 5.78 Å². The topological polar surface area (TPSA) is 62.0 Å². The van der Waals surface area contributed by atoms with Gasteiger partial charge in [0, 0.05) is 16.5 Å². The number of amides is 1. The summed E-state index contributed by atoms with van der Waals surface area (Å²) < 4.78 is 0. The van der Waals surface area contributed by atoms with Crippen LogP contribution >= 0.6 is 11.3 Å². The molecule has 32 heavy (non-hydrogen) atoms. The summed E-state index contributed by atoms with van der Waals surface area (Å²) in [5.41, 5.74) is 6.87. The van der Waals surface area contributed by atoms with Crippen molar-refractivity contribution in [3.05, 3.63) is 81.6 Å². The number of H-pyrrole nitrogens is 1. The Kier molecular flexibility index (Phi) is 4.86. The minimum atomic E-state index is -0.0248. The molecule has 3 heterocycles. The van der Waals surface area contributed by atoms with Crippen LogP contribution in [0, 0.1) is 0 Å². The van der Waals surface area contributed by atoms with Gasteiger partial charge in [-0.2, -0.15) is 0 Å². The standard InChI is InChI=1S/C27H24N2O2S/c1-27(2,3)17-8-10-21-18(14-17)19-15-25(31)28-22-9-6-16(13-20(22)26(19)29-21)7-11-23(30)24-5-4-12-32-24/h4-14,29H,15H2,1-3H3,(H,28,31)/b11-7+. The number of hydrogen-bond acceptors (Lipinski definition) is 3. The van der Waals surface area contributed by atoms with Crippen molar-refractivity contribution in [1.29, 1.82) is 0 Å². The zero-order chi connectivity index (χ0) is 22.5. The highest BCUT2D eigenvalue weighted by atomic mass is 32.1. The lowest BCUT2D eigenvalue weighted by Gasteiger charge is -2.19. The fraction of sp³-hybridized carbons (Fsp3) is 0.185. The maximum Gasteiger partial charge on any atom is 0.228 e. The van der Waals surface area contributed by atoms with E-state index in [1.165, 1.54) is 16.9 Å². The average Bonchev–Trinajstić information content (AvgIpc) is 3.38. The predicted molar refractivity (Wildman–Crippen MR) is 132 cm³/mol. The Hall–Kier alpha value is -3.44. The Morgan fingerprint density at radius 1 is 1.09 bits per heavy atom. The van der Waals surface area contributed by atoms with Crippen LogP contribution in [0.1, 0.15) is 47.1 Å². The van der Waals surface area contributed by atoms with Gasteiger partial charge in [0.1, 0.15) is 0 Å². The van der Waals surface area contributed by atoms with Crippen LogP contribution in [0.2, 0.25) is 0 Å². The van der Waals surface area contributed by atoms with Crippen molar-refractivity contribution in [2.45, 2.75) is 32.6 Å². The second-order valence-corrected chi connectivity index (χ2v) is 10.1. The molecule has 0 atom stereocenters. The number of nitrogens with one attached hydrogen (secondary N) is 2. The Balaban J connectivity index is 1.61. The van der Waals surface area contributed by atoms with Gasteiger partial charge in [0.2, 0.25) is 5.91 Å². The first kappa shape index (κ1) is 20.5. The number of benzene rings is 2. The highest BCUT2D eigenvalue weighted by molar-refractivity contribution is 7.12. The van der Waals surface area contributed by atoms with Crippen LogP contribution < -0.4 is 5.32 Å². The van der Waals surface area contributed by atoms with Gasteiger partial charge >= 0.3 is 0 Å². The molecule has 2 aromatic heterocycles. The monoisotopic (exact) mass is 440 g/mol. The van der Waals surface area contributed by atoms with Crippen LogP contribution in [0.15, 0.2) is 60.0 Å². The maximum atomic E-state index is 12.7. The molecule has 0 unspecified atom stereocenters. The maximum absolute atomic E-state index is 12.7. The van der Waals surface area contributed by atoms with Gasteiger partial charge in [-0.15, -0.1) is 11.3 Å². The molecule has 0 spiro atoms. The number of aromatic nitrogens is 1. The third-order valence-corrected chi connectivity index (χ3v) is 6.77. The minimum Gasteiger partial charge on any atom is -0.354 e. The molecule has 2 aromatic carbocycles. The highest BCUT2D eigenvalue weighted by Crippen LogP contribution is 2.39. The summed E-state index contributed by atoms with van der Waals surface area (Å²) in [5, 5.41) is 6.02. The number of aromatic amines is 1. The number of anilines is 1. The Morgan fingerprint density at radius 2 is 1.94 bits per heavy atom. The lowest BCUT2D eigenvalue weighted by atomic mass is 9.86.